The Balaban J connectivity index is 1.61. The van der Waals surface area contributed by atoms with Crippen molar-refractivity contribution in [3.8, 4) is 39.5 Å². The molecule has 0 spiro atoms. The minimum Gasteiger partial charge on any atom is -0.493 e. The number of fused-ring (bicyclic) bond motifs is 1. The quantitative estimate of drug-likeness (QED) is 0.349. The highest BCUT2D eigenvalue weighted by atomic mass is 19.1. The zero-order valence-electron chi connectivity index (χ0n) is 19.2. The van der Waals surface area contributed by atoms with Crippen molar-refractivity contribution >= 4 is 0 Å². The molecule has 0 unspecified atom stereocenters. The topological polar surface area (TPSA) is 83.7 Å². The molecule has 5 rings (SSSR count). The van der Waals surface area contributed by atoms with Crippen LogP contribution >= 0.6 is 0 Å². The predicted molar refractivity (Wildman–Crippen MR) is 130 cm³/mol. The fourth-order valence-electron chi connectivity index (χ4n) is 4.52. The van der Waals surface area contributed by atoms with E-state index < -0.39 is 5.82 Å². The molecule has 0 atom stereocenters. The van der Waals surface area contributed by atoms with Crippen LogP contribution in [0.25, 0.3) is 33.8 Å². The van der Waals surface area contributed by atoms with Gasteiger partial charge in [-0.2, -0.15) is 5.10 Å². The summed E-state index contributed by atoms with van der Waals surface area (Å²) in [6, 6.07) is 12.9. The average molecular weight is 459 g/mol. The number of nitrogens with zero attached hydrogens (tertiary/aromatic N) is 2. The van der Waals surface area contributed by atoms with Crippen molar-refractivity contribution in [1.29, 1.82) is 0 Å². The Hall–Kier alpha value is -3.74. The molecule has 0 amide bonds. The molecule has 2 aromatic carbocycles. The van der Waals surface area contributed by atoms with E-state index in [1.165, 1.54) is 29.9 Å². The van der Waals surface area contributed by atoms with Crippen LogP contribution in [0.2, 0.25) is 0 Å². The molecule has 2 aromatic heterocycles. The molecule has 2 heterocycles. The van der Waals surface area contributed by atoms with E-state index in [1.54, 1.807) is 12.1 Å². The lowest BCUT2D eigenvalue weighted by Crippen LogP contribution is -2.13. The Morgan fingerprint density at radius 1 is 1.03 bits per heavy atom. The molecule has 0 bridgehead atoms. The molecule has 2 N–H and O–H groups in total. The minimum atomic E-state index is -0.452. The number of aryl methyl sites for hydroxylation is 2. The molecule has 4 aromatic rings. The highest BCUT2D eigenvalue weighted by molar-refractivity contribution is 5.83. The van der Waals surface area contributed by atoms with E-state index >= 15 is 4.39 Å². The van der Waals surface area contributed by atoms with Crippen LogP contribution in [0.3, 0.4) is 0 Å². The van der Waals surface area contributed by atoms with E-state index in [9.17, 15) is 4.79 Å². The first kappa shape index (κ1) is 22.1. The molecular formula is C27H27FN4O2. The molecule has 1 aliphatic rings. The molecule has 1 aliphatic carbocycles. The number of aromatic nitrogens is 4. The number of nitrogens with one attached hydrogen (secondary N) is 2. The lowest BCUT2D eigenvalue weighted by Gasteiger charge is -2.18. The first-order valence-corrected chi connectivity index (χ1v) is 11.8. The van der Waals surface area contributed by atoms with Crippen LogP contribution < -0.4 is 10.3 Å². The summed E-state index contributed by atoms with van der Waals surface area (Å²) < 4.78 is 20.7. The summed E-state index contributed by atoms with van der Waals surface area (Å²) in [5, 5.41) is 6.82. The van der Waals surface area contributed by atoms with Gasteiger partial charge in [0.25, 0.3) is 5.56 Å². The first-order chi connectivity index (χ1) is 16.6. The maximum absolute atomic E-state index is 15.1. The van der Waals surface area contributed by atoms with E-state index in [4.69, 9.17) is 4.74 Å². The highest BCUT2D eigenvalue weighted by Gasteiger charge is 2.20. The van der Waals surface area contributed by atoms with Gasteiger partial charge in [-0.15, -0.1) is 0 Å². The largest absolute Gasteiger partial charge is 0.493 e. The second-order valence-electron chi connectivity index (χ2n) is 8.66. The predicted octanol–water partition coefficient (Wildman–Crippen LogP) is 5.69. The number of ether oxygens (including phenoxy) is 1. The molecule has 0 radical (unpaired) electrons. The zero-order chi connectivity index (χ0) is 23.5. The number of rotatable bonds is 7. The van der Waals surface area contributed by atoms with Gasteiger partial charge in [-0.25, -0.2) is 9.37 Å². The van der Waals surface area contributed by atoms with Gasteiger partial charge in [0.1, 0.15) is 17.9 Å². The van der Waals surface area contributed by atoms with Gasteiger partial charge >= 0.3 is 0 Å². The fraction of sp³-hybridized carbons (Fsp3) is 0.296. The molecule has 0 saturated carbocycles. The minimum absolute atomic E-state index is 0.306. The van der Waals surface area contributed by atoms with Crippen molar-refractivity contribution in [3.63, 3.8) is 0 Å². The van der Waals surface area contributed by atoms with E-state index in [0.29, 0.717) is 40.6 Å². The summed E-state index contributed by atoms with van der Waals surface area (Å²) in [5.74, 6) is 0.330. The van der Waals surface area contributed by atoms with E-state index in [0.717, 1.165) is 37.7 Å². The smallest absolute Gasteiger partial charge is 0.260 e. The van der Waals surface area contributed by atoms with Gasteiger partial charge in [0.2, 0.25) is 0 Å². The first-order valence-electron chi connectivity index (χ1n) is 11.8. The maximum atomic E-state index is 15.1. The lowest BCUT2D eigenvalue weighted by atomic mass is 9.88. The summed E-state index contributed by atoms with van der Waals surface area (Å²) in [6.45, 7) is 2.62. The monoisotopic (exact) mass is 458 g/mol. The van der Waals surface area contributed by atoms with Gasteiger partial charge in [-0.1, -0.05) is 31.5 Å². The highest BCUT2D eigenvalue weighted by Crippen LogP contribution is 2.34. The zero-order valence-corrected chi connectivity index (χ0v) is 19.2. The van der Waals surface area contributed by atoms with Gasteiger partial charge in [-0.3, -0.25) is 9.89 Å². The molecule has 0 saturated heterocycles. The lowest BCUT2D eigenvalue weighted by molar-refractivity contribution is 0.308. The second-order valence-corrected chi connectivity index (χ2v) is 8.66. The van der Waals surface area contributed by atoms with Gasteiger partial charge < -0.3 is 9.72 Å². The van der Waals surface area contributed by atoms with Crippen LogP contribution in [0, 0.1) is 5.82 Å². The Morgan fingerprint density at radius 3 is 2.65 bits per heavy atom. The number of hydrogen-bond acceptors (Lipinski definition) is 4. The van der Waals surface area contributed by atoms with Gasteiger partial charge in [0, 0.05) is 17.2 Å². The number of pyridine rings is 1. The van der Waals surface area contributed by atoms with Gasteiger partial charge in [-0.05, 0) is 67.0 Å². The number of unbranched alkanes of at least 4 members (excludes halogenated alkanes) is 1. The van der Waals surface area contributed by atoms with Gasteiger partial charge in [0.15, 0.2) is 5.82 Å². The summed E-state index contributed by atoms with van der Waals surface area (Å²) >= 11 is 0. The molecule has 0 aliphatic heterocycles. The van der Waals surface area contributed by atoms with Crippen LogP contribution in [0.1, 0.15) is 43.7 Å². The molecule has 174 valence electrons. The van der Waals surface area contributed by atoms with Crippen LogP contribution in [0.5, 0.6) is 5.75 Å². The third kappa shape index (κ3) is 4.38. The SMILES string of the molecule is CCCCOc1ccc(-c2cc(-c3ccc4c(c3)CCCC4)c(-c3nc[nH]n3)c(=O)[nH]2)c(F)c1. The number of benzene rings is 2. The van der Waals surface area contributed by atoms with Crippen molar-refractivity contribution in [1.82, 2.24) is 20.2 Å². The maximum Gasteiger partial charge on any atom is 0.260 e. The van der Waals surface area contributed by atoms with Crippen molar-refractivity contribution in [2.45, 2.75) is 45.4 Å². The molecular weight excluding hydrogens is 431 g/mol. The van der Waals surface area contributed by atoms with E-state index in [-0.39, 0.29) is 5.56 Å². The standard InChI is InChI=1S/C27H27FN4O2/c1-2-3-12-34-20-10-11-21(23(28)14-20)24-15-22(25(27(33)31-24)26-29-16-30-32-26)19-9-8-17-6-4-5-7-18(17)13-19/h8-11,13-16H,2-7,12H2,1H3,(H,31,33)(H,29,30,32). The summed E-state index contributed by atoms with van der Waals surface area (Å²) in [6.07, 6.45) is 7.79. The summed E-state index contributed by atoms with van der Waals surface area (Å²) in [4.78, 5) is 20.3. The normalized spacial score (nSPS) is 13.0. The number of hydrogen-bond donors (Lipinski definition) is 2. The van der Waals surface area contributed by atoms with Crippen LogP contribution in [-0.2, 0) is 12.8 Å². The number of halogens is 1. The van der Waals surface area contributed by atoms with Crippen molar-refractivity contribution in [2.24, 2.45) is 0 Å². The van der Waals surface area contributed by atoms with E-state index in [1.807, 2.05) is 12.1 Å². The third-order valence-electron chi connectivity index (χ3n) is 6.33. The third-order valence-corrected chi connectivity index (χ3v) is 6.33. The van der Waals surface area contributed by atoms with E-state index in [2.05, 4.69) is 39.2 Å². The Morgan fingerprint density at radius 2 is 1.88 bits per heavy atom. The van der Waals surface area contributed by atoms with Crippen molar-refractivity contribution in [2.75, 3.05) is 6.61 Å². The molecule has 0 fully saturated rings. The number of H-pyrrole nitrogens is 2. The van der Waals surface area contributed by atoms with Crippen molar-refractivity contribution in [3.05, 3.63) is 76.1 Å². The number of aromatic amines is 2. The summed E-state index contributed by atoms with van der Waals surface area (Å²) in [5.41, 5.74) is 4.92. The molecule has 34 heavy (non-hydrogen) atoms. The van der Waals surface area contributed by atoms with Crippen LogP contribution in [0.15, 0.2) is 53.6 Å². The summed E-state index contributed by atoms with van der Waals surface area (Å²) in [7, 11) is 0. The Bertz CT molecular complexity index is 1360. The Labute approximate surface area is 197 Å². The van der Waals surface area contributed by atoms with Crippen LogP contribution in [-0.4, -0.2) is 26.8 Å². The average Bonchev–Trinajstić information content (AvgIpc) is 3.38. The molecule has 6 nitrogen and oxygen atoms in total. The second kappa shape index (κ2) is 9.63. The Kier molecular flexibility index (Phi) is 6.25. The molecule has 7 heteroatoms. The van der Waals surface area contributed by atoms with Crippen LogP contribution in [0.4, 0.5) is 4.39 Å². The van der Waals surface area contributed by atoms with Gasteiger partial charge in [0.05, 0.1) is 17.9 Å². The van der Waals surface area contributed by atoms with Crippen molar-refractivity contribution < 1.29 is 9.13 Å². The fourth-order valence-corrected chi connectivity index (χ4v) is 4.52.